The minimum atomic E-state index is -4.61. The maximum atomic E-state index is 13.4. The lowest BCUT2D eigenvalue weighted by Crippen LogP contribution is -2.37. The molecule has 0 bridgehead atoms. The molecule has 1 aliphatic rings. The summed E-state index contributed by atoms with van der Waals surface area (Å²) in [6, 6.07) is 4.21. The van der Waals surface area contributed by atoms with Crippen molar-refractivity contribution in [3.8, 4) is 0 Å². The van der Waals surface area contributed by atoms with Crippen LogP contribution >= 0.6 is 0 Å². The number of aromatic nitrogens is 6. The van der Waals surface area contributed by atoms with Gasteiger partial charge in [0.1, 0.15) is 11.7 Å². The van der Waals surface area contributed by atoms with Crippen molar-refractivity contribution in [2.24, 2.45) is 0 Å². The van der Waals surface area contributed by atoms with Crippen molar-refractivity contribution in [1.29, 1.82) is 0 Å². The number of hydrogen-bond donors (Lipinski definition) is 1. The first-order valence-electron chi connectivity index (χ1n) is 8.79. The zero-order valence-corrected chi connectivity index (χ0v) is 14.9. The Labute approximate surface area is 164 Å². The minimum Gasteiger partial charge on any atom is -0.402 e. The van der Waals surface area contributed by atoms with Crippen LogP contribution in [0.4, 0.5) is 28.0 Å². The maximum Gasteiger partial charge on any atom is 0.433 e. The Hall–Kier alpha value is -3.51. The molecule has 8 nitrogen and oxygen atoms in total. The van der Waals surface area contributed by atoms with Gasteiger partial charge in [-0.3, -0.25) is 0 Å². The summed E-state index contributed by atoms with van der Waals surface area (Å²) in [7, 11) is 0. The fraction of sp³-hybridized carbons (Fsp3) is 0.294. The van der Waals surface area contributed by atoms with E-state index in [4.69, 9.17) is 4.42 Å². The van der Waals surface area contributed by atoms with Crippen molar-refractivity contribution >= 4 is 11.5 Å². The summed E-state index contributed by atoms with van der Waals surface area (Å²) in [5, 5.41) is 11.2. The lowest BCUT2D eigenvalue weighted by Gasteiger charge is -2.32. The molecule has 5 heterocycles. The number of fused-ring (bicyclic) bond motifs is 2. The van der Waals surface area contributed by atoms with Gasteiger partial charge < -0.3 is 14.3 Å². The van der Waals surface area contributed by atoms with Gasteiger partial charge >= 0.3 is 18.6 Å². The van der Waals surface area contributed by atoms with Gasteiger partial charge in [0.05, 0.1) is 23.2 Å². The normalized spacial score (nSPS) is 17.1. The maximum absolute atomic E-state index is 13.4. The molecule has 0 saturated carbocycles. The van der Waals surface area contributed by atoms with Gasteiger partial charge in [-0.05, 0) is 18.2 Å². The molecule has 4 aromatic heterocycles. The summed E-state index contributed by atoms with van der Waals surface area (Å²) < 4.78 is 71.8. The van der Waals surface area contributed by atoms with Crippen molar-refractivity contribution in [3.05, 3.63) is 59.3 Å². The van der Waals surface area contributed by atoms with E-state index in [1.165, 1.54) is 29.4 Å². The molecule has 13 heteroatoms. The van der Waals surface area contributed by atoms with Gasteiger partial charge in [-0.25, -0.2) is 9.50 Å². The molecule has 0 radical (unpaired) electrons. The fourth-order valence-electron chi connectivity index (χ4n) is 3.60. The minimum absolute atomic E-state index is 0.183. The van der Waals surface area contributed by atoms with E-state index in [0.29, 0.717) is 12.1 Å². The van der Waals surface area contributed by atoms with Crippen molar-refractivity contribution in [3.63, 3.8) is 0 Å². The number of hydrogen-bond acceptors (Lipinski definition) is 6. The number of halogens is 5. The van der Waals surface area contributed by atoms with E-state index in [2.05, 4.69) is 25.3 Å². The van der Waals surface area contributed by atoms with Crippen LogP contribution in [0.15, 0.2) is 35.0 Å². The van der Waals surface area contributed by atoms with E-state index in [0.717, 1.165) is 16.3 Å². The highest BCUT2D eigenvalue weighted by Crippen LogP contribution is 2.37. The Balaban J connectivity index is 1.65. The predicted octanol–water partition coefficient (Wildman–Crippen LogP) is 3.55. The Morgan fingerprint density at radius 1 is 1.20 bits per heavy atom. The number of aromatic amines is 1. The number of rotatable bonds is 3. The molecule has 5 rings (SSSR count). The molecule has 4 aromatic rings. The molecular formula is C17H12F5N7O. The van der Waals surface area contributed by atoms with Crippen LogP contribution in [-0.4, -0.2) is 36.3 Å². The summed E-state index contributed by atoms with van der Waals surface area (Å²) in [5.41, 5.74) is 0.777. The molecule has 1 N–H and O–H groups in total. The Bertz CT molecular complexity index is 1210. The molecule has 1 atom stereocenters. The van der Waals surface area contributed by atoms with Gasteiger partial charge in [0.25, 0.3) is 5.89 Å². The van der Waals surface area contributed by atoms with Crippen LogP contribution in [0.5, 0.6) is 0 Å². The second-order valence-electron chi connectivity index (χ2n) is 6.65. The second kappa shape index (κ2) is 6.50. The number of H-pyrrole nitrogens is 1. The number of nitrogens with one attached hydrogen (secondary N) is 1. The van der Waals surface area contributed by atoms with Gasteiger partial charge in [0, 0.05) is 18.7 Å². The van der Waals surface area contributed by atoms with E-state index in [9.17, 15) is 22.0 Å². The van der Waals surface area contributed by atoms with Crippen molar-refractivity contribution in [2.45, 2.75) is 25.1 Å². The molecule has 0 fully saturated rings. The molecule has 0 aromatic carbocycles. The smallest absolute Gasteiger partial charge is 0.402 e. The summed E-state index contributed by atoms with van der Waals surface area (Å²) >= 11 is 0. The first kappa shape index (κ1) is 18.5. The van der Waals surface area contributed by atoms with E-state index < -0.39 is 30.2 Å². The van der Waals surface area contributed by atoms with Crippen LogP contribution in [0.2, 0.25) is 0 Å². The number of imidazole rings is 1. The zero-order chi connectivity index (χ0) is 21.0. The Morgan fingerprint density at radius 2 is 2.03 bits per heavy atom. The third-order valence-corrected chi connectivity index (χ3v) is 4.86. The van der Waals surface area contributed by atoms with Crippen LogP contribution in [0, 0.1) is 0 Å². The first-order chi connectivity index (χ1) is 14.3. The van der Waals surface area contributed by atoms with Crippen LogP contribution < -0.4 is 4.90 Å². The van der Waals surface area contributed by atoms with Crippen LogP contribution in [-0.2, 0) is 12.6 Å². The molecule has 1 unspecified atom stereocenters. The van der Waals surface area contributed by atoms with E-state index in [1.807, 2.05) is 0 Å². The fourth-order valence-corrected chi connectivity index (χ4v) is 3.60. The highest BCUT2D eigenvalue weighted by molar-refractivity contribution is 5.53. The van der Waals surface area contributed by atoms with Crippen molar-refractivity contribution in [1.82, 2.24) is 29.8 Å². The largest absolute Gasteiger partial charge is 0.433 e. The Morgan fingerprint density at radius 3 is 2.77 bits per heavy atom. The highest BCUT2D eigenvalue weighted by atomic mass is 19.4. The summed E-state index contributed by atoms with van der Waals surface area (Å²) in [4.78, 5) is 8.76. The lowest BCUT2D eigenvalue weighted by molar-refractivity contribution is -0.142. The predicted molar refractivity (Wildman–Crippen MR) is 90.9 cm³/mol. The van der Waals surface area contributed by atoms with Gasteiger partial charge in [0.2, 0.25) is 0 Å². The van der Waals surface area contributed by atoms with Gasteiger partial charge in [-0.15, -0.1) is 5.10 Å². The third-order valence-electron chi connectivity index (χ3n) is 4.86. The standard InChI is InChI=1S/C17H12F5N7O/c18-14(19)15-25-26-16(30-15)28-5-4-9-12(24-7-23-9)13(28)10-6-8-2-1-3-11(17(20,21)22)29(8)27-10/h1-3,6-7,13-14H,4-5H2,(H,23,24). The molecular weight excluding hydrogens is 413 g/mol. The lowest BCUT2D eigenvalue weighted by atomic mass is 10.0. The van der Waals surface area contributed by atoms with E-state index in [1.54, 1.807) is 0 Å². The number of nitrogens with zero attached hydrogens (tertiary/aromatic N) is 6. The second-order valence-corrected chi connectivity index (χ2v) is 6.65. The molecule has 0 amide bonds. The number of pyridine rings is 1. The molecule has 0 spiro atoms. The van der Waals surface area contributed by atoms with Gasteiger partial charge in [0.15, 0.2) is 0 Å². The van der Waals surface area contributed by atoms with Gasteiger partial charge in [-0.1, -0.05) is 11.2 Å². The highest BCUT2D eigenvalue weighted by Gasteiger charge is 2.38. The average molecular weight is 425 g/mol. The van der Waals surface area contributed by atoms with Crippen LogP contribution in [0.25, 0.3) is 5.52 Å². The first-order valence-corrected chi connectivity index (χ1v) is 8.79. The molecule has 0 saturated heterocycles. The van der Waals surface area contributed by atoms with Crippen LogP contribution in [0.1, 0.15) is 41.1 Å². The Kier molecular flexibility index (Phi) is 4.01. The molecule has 0 aliphatic carbocycles. The molecule has 156 valence electrons. The zero-order valence-electron chi connectivity index (χ0n) is 14.9. The average Bonchev–Trinajstić information content (AvgIpc) is 3.43. The van der Waals surface area contributed by atoms with Crippen molar-refractivity contribution < 1.29 is 26.4 Å². The third kappa shape index (κ3) is 2.88. The van der Waals surface area contributed by atoms with E-state index in [-0.39, 0.29) is 23.8 Å². The monoisotopic (exact) mass is 425 g/mol. The SMILES string of the molecule is FC(F)c1nnc(N2CCc3[nH]cnc3C2c2cc3cccc(C(F)(F)F)n3n2)o1. The summed E-state index contributed by atoms with van der Waals surface area (Å²) in [6.45, 7) is 0.282. The quantitative estimate of drug-likeness (QED) is 0.505. The number of alkyl halides is 5. The van der Waals surface area contributed by atoms with E-state index >= 15 is 0 Å². The van der Waals surface area contributed by atoms with Gasteiger partial charge in [-0.2, -0.15) is 27.1 Å². The summed E-state index contributed by atoms with van der Waals surface area (Å²) in [5.74, 6) is -0.842. The number of anilines is 1. The molecule has 30 heavy (non-hydrogen) atoms. The summed E-state index contributed by atoms with van der Waals surface area (Å²) in [6.07, 6.45) is -5.62. The topological polar surface area (TPSA) is 88.1 Å². The molecule has 1 aliphatic heterocycles. The van der Waals surface area contributed by atoms with Crippen molar-refractivity contribution in [2.75, 3.05) is 11.4 Å². The van der Waals surface area contributed by atoms with Crippen LogP contribution in [0.3, 0.4) is 0 Å².